The van der Waals surface area contributed by atoms with Crippen molar-refractivity contribution in [3.05, 3.63) is 34.5 Å². The first-order valence-corrected chi connectivity index (χ1v) is 5.56. The van der Waals surface area contributed by atoms with Gasteiger partial charge in [-0.25, -0.2) is 0 Å². The standard InChI is InChI=1S/C11H13Cl2N/c1-7(2)14-6-5-8-10(14)4-3-9(12)11(8)13/h3-8,10H,1-2H3. The van der Waals surface area contributed by atoms with Gasteiger partial charge in [0.05, 0.1) is 11.1 Å². The van der Waals surface area contributed by atoms with E-state index in [9.17, 15) is 0 Å². The first-order chi connectivity index (χ1) is 6.61. The van der Waals surface area contributed by atoms with Gasteiger partial charge >= 0.3 is 0 Å². The van der Waals surface area contributed by atoms with Gasteiger partial charge in [0.15, 0.2) is 0 Å². The van der Waals surface area contributed by atoms with Gasteiger partial charge in [-0.05, 0) is 26.1 Å². The molecule has 0 radical (unpaired) electrons. The minimum Gasteiger partial charge on any atom is -0.368 e. The molecule has 0 aromatic rings. The second kappa shape index (κ2) is 3.63. The molecule has 1 nitrogen and oxygen atoms in total. The van der Waals surface area contributed by atoms with Gasteiger partial charge in [-0.15, -0.1) is 0 Å². The molecule has 0 bridgehead atoms. The molecule has 0 aromatic heterocycles. The zero-order chi connectivity index (χ0) is 10.3. The number of halogens is 2. The Balaban J connectivity index is 2.27. The molecule has 2 atom stereocenters. The van der Waals surface area contributed by atoms with Gasteiger partial charge in [-0.1, -0.05) is 35.4 Å². The van der Waals surface area contributed by atoms with Gasteiger partial charge in [-0.2, -0.15) is 0 Å². The van der Waals surface area contributed by atoms with E-state index < -0.39 is 0 Å². The van der Waals surface area contributed by atoms with Crippen LogP contribution in [0.1, 0.15) is 13.8 Å². The molecule has 0 saturated heterocycles. The maximum atomic E-state index is 6.16. The van der Waals surface area contributed by atoms with Crippen molar-refractivity contribution in [2.75, 3.05) is 0 Å². The average molecular weight is 230 g/mol. The van der Waals surface area contributed by atoms with Crippen LogP contribution in [0.15, 0.2) is 34.5 Å². The van der Waals surface area contributed by atoms with E-state index in [2.05, 4.69) is 37.1 Å². The third-order valence-corrected chi connectivity index (χ3v) is 3.62. The van der Waals surface area contributed by atoms with E-state index in [4.69, 9.17) is 23.2 Å². The average Bonchev–Trinajstić information content (AvgIpc) is 2.55. The van der Waals surface area contributed by atoms with Crippen molar-refractivity contribution in [3.63, 3.8) is 0 Å². The Bertz CT molecular complexity index is 328. The highest BCUT2D eigenvalue weighted by Gasteiger charge is 2.33. The number of rotatable bonds is 1. The first-order valence-electron chi connectivity index (χ1n) is 4.80. The SMILES string of the molecule is CC(C)N1C=CC2C(Cl)=C(Cl)C=CC21. The van der Waals surface area contributed by atoms with Crippen molar-refractivity contribution in [2.45, 2.75) is 25.9 Å². The Morgan fingerprint density at radius 1 is 1.29 bits per heavy atom. The maximum absolute atomic E-state index is 6.16. The second-order valence-electron chi connectivity index (χ2n) is 3.95. The molecule has 0 amide bonds. The van der Waals surface area contributed by atoms with Gasteiger partial charge in [0, 0.05) is 17.0 Å². The molecule has 0 fully saturated rings. The van der Waals surface area contributed by atoms with Crippen LogP contribution in [0.3, 0.4) is 0 Å². The molecule has 0 aromatic carbocycles. The topological polar surface area (TPSA) is 3.24 Å². The van der Waals surface area contributed by atoms with Crippen LogP contribution < -0.4 is 0 Å². The van der Waals surface area contributed by atoms with Crippen LogP contribution in [0.4, 0.5) is 0 Å². The minimum absolute atomic E-state index is 0.247. The molecule has 1 aliphatic carbocycles. The quantitative estimate of drug-likeness (QED) is 0.666. The number of fused-ring (bicyclic) bond motifs is 1. The van der Waals surface area contributed by atoms with E-state index in [0.29, 0.717) is 17.1 Å². The van der Waals surface area contributed by atoms with E-state index in [1.54, 1.807) is 0 Å². The van der Waals surface area contributed by atoms with Crippen LogP contribution in [-0.2, 0) is 0 Å². The molecule has 2 aliphatic rings. The highest BCUT2D eigenvalue weighted by Crippen LogP contribution is 2.38. The lowest BCUT2D eigenvalue weighted by atomic mass is 9.96. The predicted octanol–water partition coefficient (Wildman–Crippen LogP) is 3.47. The monoisotopic (exact) mass is 229 g/mol. The van der Waals surface area contributed by atoms with Crippen LogP contribution >= 0.6 is 23.2 Å². The summed E-state index contributed by atoms with van der Waals surface area (Å²) in [5.41, 5.74) is 0. The molecule has 14 heavy (non-hydrogen) atoms. The molecule has 0 saturated carbocycles. The Labute approximate surface area is 94.7 Å². The number of hydrogen-bond donors (Lipinski definition) is 0. The number of nitrogens with zero attached hydrogens (tertiary/aromatic N) is 1. The third-order valence-electron chi connectivity index (χ3n) is 2.73. The molecule has 76 valence electrons. The predicted molar refractivity (Wildman–Crippen MR) is 61.3 cm³/mol. The van der Waals surface area contributed by atoms with Crippen molar-refractivity contribution < 1.29 is 0 Å². The van der Waals surface area contributed by atoms with E-state index >= 15 is 0 Å². The molecule has 1 heterocycles. The zero-order valence-corrected chi connectivity index (χ0v) is 9.76. The van der Waals surface area contributed by atoms with Crippen LogP contribution in [0.5, 0.6) is 0 Å². The van der Waals surface area contributed by atoms with Crippen molar-refractivity contribution >= 4 is 23.2 Å². The second-order valence-corrected chi connectivity index (χ2v) is 4.77. The summed E-state index contributed by atoms with van der Waals surface area (Å²) in [5, 5.41) is 1.43. The van der Waals surface area contributed by atoms with Gasteiger partial charge in [0.2, 0.25) is 0 Å². The summed E-state index contributed by atoms with van der Waals surface area (Å²) in [4.78, 5) is 2.30. The van der Waals surface area contributed by atoms with Crippen LogP contribution in [0, 0.1) is 5.92 Å². The molecular weight excluding hydrogens is 217 g/mol. The molecule has 2 rings (SSSR count). The van der Waals surface area contributed by atoms with Crippen molar-refractivity contribution in [2.24, 2.45) is 5.92 Å². The van der Waals surface area contributed by atoms with Gasteiger partial charge < -0.3 is 4.90 Å². The van der Waals surface area contributed by atoms with Crippen LogP contribution in [-0.4, -0.2) is 17.0 Å². The fourth-order valence-electron chi connectivity index (χ4n) is 1.98. The summed E-state index contributed by atoms with van der Waals surface area (Å²) >= 11 is 12.1. The summed E-state index contributed by atoms with van der Waals surface area (Å²) < 4.78 is 0. The largest absolute Gasteiger partial charge is 0.368 e. The normalized spacial score (nSPS) is 30.5. The molecule has 3 heteroatoms. The van der Waals surface area contributed by atoms with Gasteiger partial charge in [0.25, 0.3) is 0 Å². The fourth-order valence-corrected chi connectivity index (χ4v) is 2.45. The Hall–Kier alpha value is -0.400. The highest BCUT2D eigenvalue weighted by atomic mass is 35.5. The van der Waals surface area contributed by atoms with E-state index in [-0.39, 0.29) is 5.92 Å². The molecule has 0 N–H and O–H groups in total. The summed E-state index contributed by atoms with van der Waals surface area (Å²) in [6, 6.07) is 0.845. The Morgan fingerprint density at radius 2 is 2.00 bits per heavy atom. The smallest absolute Gasteiger partial charge is 0.0587 e. The lowest BCUT2D eigenvalue weighted by molar-refractivity contribution is 0.263. The lowest BCUT2D eigenvalue weighted by Crippen LogP contribution is -2.36. The minimum atomic E-state index is 0.247. The fraction of sp³-hybridized carbons (Fsp3) is 0.455. The molecule has 1 aliphatic heterocycles. The molecular formula is C11H13Cl2N. The zero-order valence-electron chi connectivity index (χ0n) is 8.24. The third kappa shape index (κ3) is 1.49. The highest BCUT2D eigenvalue weighted by molar-refractivity contribution is 6.40. The summed E-state index contributed by atoms with van der Waals surface area (Å²) in [6.45, 7) is 4.35. The summed E-state index contributed by atoms with van der Waals surface area (Å²) in [7, 11) is 0. The van der Waals surface area contributed by atoms with Gasteiger partial charge in [-0.3, -0.25) is 0 Å². The summed E-state index contributed by atoms with van der Waals surface area (Å²) in [5.74, 6) is 0.247. The van der Waals surface area contributed by atoms with Crippen LogP contribution in [0.25, 0.3) is 0 Å². The first kappa shape index (κ1) is 10.1. The lowest BCUT2D eigenvalue weighted by Gasteiger charge is -2.32. The number of hydrogen-bond acceptors (Lipinski definition) is 1. The molecule has 0 spiro atoms. The number of allylic oxidation sites excluding steroid dienone is 2. The Morgan fingerprint density at radius 3 is 2.64 bits per heavy atom. The maximum Gasteiger partial charge on any atom is 0.0587 e. The van der Waals surface area contributed by atoms with Gasteiger partial charge in [0.1, 0.15) is 0 Å². The summed E-state index contributed by atoms with van der Waals surface area (Å²) in [6.07, 6.45) is 8.26. The molecule has 2 unspecified atom stereocenters. The van der Waals surface area contributed by atoms with Crippen LogP contribution in [0.2, 0.25) is 0 Å². The van der Waals surface area contributed by atoms with E-state index in [0.717, 1.165) is 5.03 Å². The van der Waals surface area contributed by atoms with E-state index in [1.165, 1.54) is 0 Å². The van der Waals surface area contributed by atoms with E-state index in [1.807, 2.05) is 6.08 Å². The Kier molecular flexibility index (Phi) is 2.63. The van der Waals surface area contributed by atoms with Crippen molar-refractivity contribution in [3.8, 4) is 0 Å². The van der Waals surface area contributed by atoms with Crippen molar-refractivity contribution in [1.29, 1.82) is 0 Å². The van der Waals surface area contributed by atoms with Crippen molar-refractivity contribution in [1.82, 2.24) is 4.90 Å².